The van der Waals surface area contributed by atoms with E-state index in [-0.39, 0.29) is 0 Å². The van der Waals surface area contributed by atoms with E-state index in [1.165, 1.54) is 44.9 Å². The Kier molecular flexibility index (Phi) is 10.9. The van der Waals surface area contributed by atoms with E-state index in [1.807, 2.05) is 0 Å². The topological polar surface area (TPSA) is 0 Å². The first-order chi connectivity index (χ1) is 5.91. The zero-order chi connectivity index (χ0) is 9.07. The number of unbranched alkanes of at least 4 members (excludes halogenated alkanes) is 8. The van der Waals surface area contributed by atoms with Crippen molar-refractivity contribution >= 4 is 0 Å². The Bertz CT molecular complexity index is 61.4. The van der Waals surface area contributed by atoms with E-state index in [2.05, 4.69) is 6.92 Å². The van der Waals surface area contributed by atoms with E-state index < -0.39 is 0 Å². The van der Waals surface area contributed by atoms with E-state index in [9.17, 15) is 4.39 Å². The monoisotopic (exact) mass is 173 g/mol. The molecule has 1 radical (unpaired) electrons. The number of rotatable bonds is 9. The maximum Gasteiger partial charge on any atom is 0.131 e. The van der Waals surface area contributed by atoms with E-state index in [4.69, 9.17) is 0 Å². The highest BCUT2D eigenvalue weighted by molar-refractivity contribution is 4.50. The van der Waals surface area contributed by atoms with E-state index in [1.54, 1.807) is 0 Å². The van der Waals surface area contributed by atoms with Gasteiger partial charge in [0.05, 0.1) is 0 Å². The molecule has 0 aromatic carbocycles. The Morgan fingerprint density at radius 1 is 0.833 bits per heavy atom. The number of hydrogen-bond donors (Lipinski definition) is 0. The molecule has 0 fully saturated rings. The highest BCUT2D eigenvalue weighted by Gasteiger charge is 1.91. The zero-order valence-corrected chi connectivity index (χ0v) is 8.32. The van der Waals surface area contributed by atoms with Crippen molar-refractivity contribution in [3.05, 3.63) is 6.67 Å². The van der Waals surface area contributed by atoms with Crippen LogP contribution >= 0.6 is 0 Å². The summed E-state index contributed by atoms with van der Waals surface area (Å²) in [4.78, 5) is 0. The molecule has 12 heavy (non-hydrogen) atoms. The second-order valence-corrected chi connectivity index (χ2v) is 3.42. The van der Waals surface area contributed by atoms with E-state index in [0.717, 1.165) is 13.1 Å². The third-order valence-corrected chi connectivity index (χ3v) is 2.17. The first-order valence-corrected chi connectivity index (χ1v) is 5.33. The van der Waals surface area contributed by atoms with Gasteiger partial charge >= 0.3 is 0 Å². The van der Waals surface area contributed by atoms with Crippen molar-refractivity contribution in [1.82, 2.24) is 0 Å². The molecule has 0 aliphatic heterocycles. The van der Waals surface area contributed by atoms with Crippen LogP contribution in [0.15, 0.2) is 0 Å². The van der Waals surface area contributed by atoms with Gasteiger partial charge in [-0.15, -0.1) is 0 Å². The molecule has 0 atom stereocenters. The predicted octanol–water partition coefficient (Wildman–Crippen LogP) is 4.65. The average Bonchev–Trinajstić information content (AvgIpc) is 2.10. The normalized spacial score (nSPS) is 10.5. The SMILES string of the molecule is CCCCCCCCCC[CH]F. The Hall–Kier alpha value is -0.0700. The fourth-order valence-electron chi connectivity index (χ4n) is 1.36. The first kappa shape index (κ1) is 11.9. The van der Waals surface area contributed by atoms with Gasteiger partial charge in [-0.25, -0.2) is 4.39 Å². The fraction of sp³-hybridized carbons (Fsp3) is 0.909. The van der Waals surface area contributed by atoms with Crippen molar-refractivity contribution < 1.29 is 4.39 Å². The molecule has 0 unspecified atom stereocenters. The maximum absolute atomic E-state index is 11.5. The van der Waals surface area contributed by atoms with Crippen molar-refractivity contribution in [2.45, 2.75) is 64.7 Å². The molecule has 0 N–H and O–H groups in total. The third kappa shape index (κ3) is 9.93. The lowest BCUT2D eigenvalue weighted by Gasteiger charge is -1.99. The van der Waals surface area contributed by atoms with Crippen LogP contribution in [-0.2, 0) is 0 Å². The molecular formula is C11H22F. The Morgan fingerprint density at radius 2 is 1.33 bits per heavy atom. The summed E-state index contributed by atoms with van der Waals surface area (Å²) in [6.45, 7) is 3.01. The van der Waals surface area contributed by atoms with Crippen LogP contribution in [0.3, 0.4) is 0 Å². The molecular weight excluding hydrogens is 151 g/mol. The molecule has 0 saturated heterocycles. The van der Waals surface area contributed by atoms with Crippen LogP contribution in [0.1, 0.15) is 64.7 Å². The van der Waals surface area contributed by atoms with Crippen LogP contribution in [0.5, 0.6) is 0 Å². The Morgan fingerprint density at radius 3 is 1.83 bits per heavy atom. The first-order valence-electron chi connectivity index (χ1n) is 5.33. The van der Waals surface area contributed by atoms with Gasteiger partial charge in [0.2, 0.25) is 0 Å². The summed E-state index contributed by atoms with van der Waals surface area (Å²) >= 11 is 0. The number of halogens is 1. The minimum absolute atomic E-state index is 0.648. The van der Waals surface area contributed by atoms with Gasteiger partial charge in [0.15, 0.2) is 0 Å². The van der Waals surface area contributed by atoms with E-state index in [0.29, 0.717) is 6.42 Å². The molecule has 0 amide bonds. The van der Waals surface area contributed by atoms with Crippen molar-refractivity contribution in [3.63, 3.8) is 0 Å². The van der Waals surface area contributed by atoms with Crippen LogP contribution < -0.4 is 0 Å². The quantitative estimate of drug-likeness (QED) is 0.445. The molecule has 0 aliphatic rings. The van der Waals surface area contributed by atoms with Gasteiger partial charge in [0.25, 0.3) is 0 Å². The molecule has 0 heterocycles. The van der Waals surface area contributed by atoms with Gasteiger partial charge in [-0.05, 0) is 6.42 Å². The molecule has 1 heteroatoms. The minimum Gasteiger partial charge on any atom is -0.244 e. The molecule has 0 saturated carbocycles. The summed E-state index contributed by atoms with van der Waals surface area (Å²) in [7, 11) is 0. The van der Waals surface area contributed by atoms with Crippen LogP contribution in [0, 0.1) is 6.67 Å². The molecule has 0 aromatic heterocycles. The largest absolute Gasteiger partial charge is 0.244 e. The van der Waals surface area contributed by atoms with Crippen molar-refractivity contribution in [2.24, 2.45) is 0 Å². The molecule has 0 spiro atoms. The van der Waals surface area contributed by atoms with Crippen LogP contribution in [0.2, 0.25) is 0 Å². The second-order valence-electron chi connectivity index (χ2n) is 3.42. The predicted molar refractivity (Wildman–Crippen MR) is 52.6 cm³/mol. The smallest absolute Gasteiger partial charge is 0.131 e. The zero-order valence-electron chi connectivity index (χ0n) is 8.32. The summed E-state index contributed by atoms with van der Waals surface area (Å²) in [6.07, 6.45) is 10.9. The number of hydrogen-bond acceptors (Lipinski definition) is 0. The molecule has 0 bridgehead atoms. The van der Waals surface area contributed by atoms with Crippen LogP contribution in [-0.4, -0.2) is 0 Å². The summed E-state index contributed by atoms with van der Waals surface area (Å²) in [5.74, 6) is 0. The Balaban J connectivity index is 2.73. The van der Waals surface area contributed by atoms with Gasteiger partial charge in [0, 0.05) is 0 Å². The summed E-state index contributed by atoms with van der Waals surface area (Å²) in [6, 6.07) is 0. The van der Waals surface area contributed by atoms with Crippen molar-refractivity contribution in [1.29, 1.82) is 0 Å². The lowest BCUT2D eigenvalue weighted by Crippen LogP contribution is -1.80. The molecule has 0 nitrogen and oxygen atoms in total. The minimum atomic E-state index is 0.648. The molecule has 0 rings (SSSR count). The van der Waals surface area contributed by atoms with Gasteiger partial charge in [-0.1, -0.05) is 58.3 Å². The lowest BCUT2D eigenvalue weighted by atomic mass is 10.1. The van der Waals surface area contributed by atoms with Gasteiger partial charge in [0.1, 0.15) is 6.67 Å². The summed E-state index contributed by atoms with van der Waals surface area (Å²) < 4.78 is 11.5. The summed E-state index contributed by atoms with van der Waals surface area (Å²) in [5, 5.41) is 0. The summed E-state index contributed by atoms with van der Waals surface area (Å²) in [5.41, 5.74) is 0. The van der Waals surface area contributed by atoms with Gasteiger partial charge in [-0.2, -0.15) is 0 Å². The fourth-order valence-corrected chi connectivity index (χ4v) is 1.36. The average molecular weight is 173 g/mol. The maximum atomic E-state index is 11.5. The van der Waals surface area contributed by atoms with Crippen molar-refractivity contribution in [3.8, 4) is 0 Å². The third-order valence-electron chi connectivity index (χ3n) is 2.17. The van der Waals surface area contributed by atoms with Crippen LogP contribution in [0.4, 0.5) is 4.39 Å². The molecule has 0 aliphatic carbocycles. The standard InChI is InChI=1S/C11H22F/c1-2-3-4-5-6-7-8-9-10-11-12/h11H,2-10H2,1H3. The highest BCUT2D eigenvalue weighted by Crippen LogP contribution is 2.09. The second kappa shape index (κ2) is 10.9. The van der Waals surface area contributed by atoms with Gasteiger partial charge < -0.3 is 0 Å². The highest BCUT2D eigenvalue weighted by atomic mass is 19.1. The van der Waals surface area contributed by atoms with E-state index >= 15 is 0 Å². The lowest BCUT2D eigenvalue weighted by molar-refractivity contribution is 0.526. The molecule has 73 valence electrons. The Labute approximate surface area is 76.6 Å². The molecule has 0 aromatic rings. The van der Waals surface area contributed by atoms with Crippen LogP contribution in [0.25, 0.3) is 0 Å². The van der Waals surface area contributed by atoms with Gasteiger partial charge in [-0.3, -0.25) is 0 Å². The van der Waals surface area contributed by atoms with Crippen molar-refractivity contribution in [2.75, 3.05) is 0 Å².